The predicted octanol–water partition coefficient (Wildman–Crippen LogP) is 20.6. The number of rotatable bonds is 70. The van der Waals surface area contributed by atoms with E-state index >= 15 is 0 Å². The normalized spacial score (nSPS) is 14.3. The molecule has 17 nitrogen and oxygen atoms in total. The van der Waals surface area contributed by atoms with Gasteiger partial charge in [-0.3, -0.25) is 37.3 Å². The van der Waals surface area contributed by atoms with Crippen molar-refractivity contribution in [3.8, 4) is 0 Å². The van der Waals surface area contributed by atoms with E-state index < -0.39 is 97.5 Å². The number of aliphatic hydroxyl groups excluding tert-OH is 1. The Morgan fingerprint density at radius 1 is 0.304 bits per heavy atom. The van der Waals surface area contributed by atoms with Crippen molar-refractivity contribution in [3.05, 3.63) is 48.6 Å². The van der Waals surface area contributed by atoms with E-state index in [1.807, 2.05) is 0 Å². The average Bonchev–Trinajstić information content (AvgIpc) is 2.25. The number of unbranched alkanes of at least 4 members (excludes halogenated alkanes) is 36. The molecule has 538 valence electrons. The monoisotopic (exact) mass is 1340 g/mol. The Bertz CT molecular complexity index is 1940. The van der Waals surface area contributed by atoms with Crippen LogP contribution in [-0.4, -0.2) is 96.7 Å². The zero-order chi connectivity index (χ0) is 67.5. The van der Waals surface area contributed by atoms with Gasteiger partial charge < -0.3 is 33.8 Å². The van der Waals surface area contributed by atoms with Crippen LogP contribution in [0.15, 0.2) is 48.6 Å². The quantitative estimate of drug-likeness (QED) is 0.0169. The Morgan fingerprint density at radius 3 is 0.870 bits per heavy atom. The van der Waals surface area contributed by atoms with Gasteiger partial charge in [0.1, 0.15) is 19.3 Å². The van der Waals surface area contributed by atoms with E-state index in [-0.39, 0.29) is 25.7 Å². The molecule has 0 aliphatic rings. The number of phosphoric ester groups is 2. The van der Waals surface area contributed by atoms with Crippen molar-refractivity contribution in [2.45, 2.75) is 354 Å². The third kappa shape index (κ3) is 65.7. The van der Waals surface area contributed by atoms with Crippen molar-refractivity contribution in [1.82, 2.24) is 0 Å². The van der Waals surface area contributed by atoms with Crippen LogP contribution in [0.25, 0.3) is 0 Å². The number of hydrogen-bond donors (Lipinski definition) is 3. The lowest BCUT2D eigenvalue weighted by Gasteiger charge is -2.21. The molecule has 5 unspecified atom stereocenters. The van der Waals surface area contributed by atoms with E-state index in [1.54, 1.807) is 0 Å². The summed E-state index contributed by atoms with van der Waals surface area (Å²) in [6, 6.07) is 0. The molecule has 0 bridgehead atoms. The molecule has 0 radical (unpaired) electrons. The van der Waals surface area contributed by atoms with E-state index in [2.05, 4.69) is 76.3 Å². The number of esters is 4. The van der Waals surface area contributed by atoms with Crippen LogP contribution in [-0.2, 0) is 65.4 Å². The summed E-state index contributed by atoms with van der Waals surface area (Å²) < 4.78 is 68.3. The van der Waals surface area contributed by atoms with Crippen LogP contribution in [0.2, 0.25) is 0 Å². The van der Waals surface area contributed by atoms with Crippen molar-refractivity contribution in [3.63, 3.8) is 0 Å². The first kappa shape index (κ1) is 89.0. The summed E-state index contributed by atoms with van der Waals surface area (Å²) in [4.78, 5) is 72.6. The lowest BCUT2D eigenvalue weighted by atomic mass is 10.1. The van der Waals surface area contributed by atoms with E-state index in [4.69, 9.17) is 37.0 Å². The Kier molecular flexibility index (Phi) is 64.5. The molecule has 0 heterocycles. The zero-order valence-electron chi connectivity index (χ0n) is 58.5. The summed E-state index contributed by atoms with van der Waals surface area (Å²) in [5.74, 6) is -2.18. The Labute approximate surface area is 559 Å². The van der Waals surface area contributed by atoms with Crippen molar-refractivity contribution in [2.24, 2.45) is 0 Å². The second kappa shape index (κ2) is 66.6. The minimum atomic E-state index is -4.96. The molecule has 0 amide bonds. The van der Waals surface area contributed by atoms with E-state index in [0.29, 0.717) is 25.7 Å². The third-order valence-corrected chi connectivity index (χ3v) is 17.6. The molecular weight excluding hydrogens is 1210 g/mol. The van der Waals surface area contributed by atoms with Gasteiger partial charge in [0.15, 0.2) is 12.2 Å². The van der Waals surface area contributed by atoms with Crippen molar-refractivity contribution >= 4 is 39.5 Å². The molecule has 5 atom stereocenters. The van der Waals surface area contributed by atoms with Crippen LogP contribution in [0.3, 0.4) is 0 Å². The average molecular weight is 1350 g/mol. The Balaban J connectivity index is 5.30. The van der Waals surface area contributed by atoms with Gasteiger partial charge in [-0.1, -0.05) is 256 Å². The number of hydrogen-bond acceptors (Lipinski definition) is 15. The first-order valence-corrected chi connectivity index (χ1v) is 39.9. The van der Waals surface area contributed by atoms with Crippen LogP contribution in [0, 0.1) is 0 Å². The Hall–Kier alpha value is -2.98. The van der Waals surface area contributed by atoms with Crippen LogP contribution in [0.5, 0.6) is 0 Å². The first-order valence-electron chi connectivity index (χ1n) is 36.9. The molecule has 0 spiro atoms. The SMILES string of the molecule is CCC/C=C\C/C=C\CCCCCCCC(=O)OCC(COP(=O)(O)OCC(O)COP(=O)(O)OCC(COC(=O)CCCCCCC/C=C\CCCCCCCC)OC(=O)CCCCCCC/C=C\CCCCCC)OC(=O)CCCCCCCCCCCCC. The standard InChI is InChI=1S/C73H134O17P2/c1-5-9-13-17-21-25-29-32-33-36-39-42-46-50-54-58-71(76)84-64-69(90-73(78)60-56-52-48-44-40-35-31-27-23-19-15-11-7-3)66-88-92(81,82)86-62-67(74)61-85-91(79,80)87-65-68(89-72(77)59-55-51-47-43-37-28-24-20-16-12-8-4)63-83-70(75)57-53-49-45-41-38-34-30-26-22-18-14-10-6-2/h14,18,26-27,30-33,67-69,74H,5-13,15-17,19-25,28-29,34-66H2,1-4H3,(H,79,80)(H,81,82)/b18-14-,30-26-,31-27-,33-32-. The van der Waals surface area contributed by atoms with E-state index in [0.717, 1.165) is 154 Å². The molecule has 0 aliphatic heterocycles. The highest BCUT2D eigenvalue weighted by Gasteiger charge is 2.30. The lowest BCUT2D eigenvalue weighted by molar-refractivity contribution is -0.161. The third-order valence-electron chi connectivity index (χ3n) is 15.7. The van der Waals surface area contributed by atoms with Crippen LogP contribution < -0.4 is 0 Å². The maximum atomic E-state index is 13.0. The fourth-order valence-corrected chi connectivity index (χ4v) is 11.7. The highest BCUT2D eigenvalue weighted by atomic mass is 31.2. The molecule has 0 aliphatic carbocycles. The molecule has 92 heavy (non-hydrogen) atoms. The van der Waals surface area contributed by atoms with Crippen LogP contribution in [0.4, 0.5) is 0 Å². The van der Waals surface area contributed by atoms with Crippen molar-refractivity contribution < 1.29 is 80.2 Å². The maximum Gasteiger partial charge on any atom is 0.472 e. The largest absolute Gasteiger partial charge is 0.472 e. The van der Waals surface area contributed by atoms with Gasteiger partial charge in [-0.15, -0.1) is 0 Å². The molecule has 0 saturated heterocycles. The summed E-state index contributed by atoms with van der Waals surface area (Å²) >= 11 is 0. The first-order chi connectivity index (χ1) is 44.7. The molecule has 3 N–H and O–H groups in total. The van der Waals surface area contributed by atoms with Crippen molar-refractivity contribution in [2.75, 3.05) is 39.6 Å². The minimum absolute atomic E-state index is 0.0881. The smallest absolute Gasteiger partial charge is 0.462 e. The van der Waals surface area contributed by atoms with Crippen LogP contribution >= 0.6 is 15.6 Å². The molecule has 0 saturated carbocycles. The highest BCUT2D eigenvalue weighted by Crippen LogP contribution is 2.45. The maximum absolute atomic E-state index is 13.0. The summed E-state index contributed by atoms with van der Waals surface area (Å²) in [6.07, 6.45) is 61.1. The molecular formula is C73H134O17P2. The van der Waals surface area contributed by atoms with Gasteiger partial charge in [0, 0.05) is 25.7 Å². The van der Waals surface area contributed by atoms with Gasteiger partial charge in [0.2, 0.25) is 0 Å². The van der Waals surface area contributed by atoms with Gasteiger partial charge in [-0.05, 0) is 103 Å². The predicted molar refractivity (Wildman–Crippen MR) is 372 cm³/mol. The van der Waals surface area contributed by atoms with Gasteiger partial charge in [0.25, 0.3) is 0 Å². The van der Waals surface area contributed by atoms with Gasteiger partial charge >= 0.3 is 39.5 Å². The second-order valence-corrected chi connectivity index (χ2v) is 27.8. The fraction of sp³-hybridized carbons (Fsp3) is 0.836. The van der Waals surface area contributed by atoms with Gasteiger partial charge in [-0.25, -0.2) is 9.13 Å². The molecule has 0 aromatic carbocycles. The molecule has 0 rings (SSSR count). The van der Waals surface area contributed by atoms with Gasteiger partial charge in [0.05, 0.1) is 26.4 Å². The minimum Gasteiger partial charge on any atom is -0.462 e. The number of allylic oxidation sites excluding steroid dienone is 8. The summed E-state index contributed by atoms with van der Waals surface area (Å²) in [6.45, 7) is 4.78. The van der Waals surface area contributed by atoms with Gasteiger partial charge in [-0.2, -0.15) is 0 Å². The van der Waals surface area contributed by atoms with E-state index in [9.17, 15) is 43.2 Å². The molecule has 19 heteroatoms. The lowest BCUT2D eigenvalue weighted by Crippen LogP contribution is -2.30. The van der Waals surface area contributed by atoms with Crippen LogP contribution in [0.1, 0.15) is 336 Å². The topological polar surface area (TPSA) is 237 Å². The number of carbonyl (C=O) groups excluding carboxylic acids is 4. The number of aliphatic hydroxyl groups is 1. The summed E-state index contributed by atoms with van der Waals surface area (Å²) in [5, 5.41) is 10.6. The summed E-state index contributed by atoms with van der Waals surface area (Å²) in [5.41, 5.74) is 0. The molecule has 0 fully saturated rings. The molecule has 0 aromatic rings. The zero-order valence-corrected chi connectivity index (χ0v) is 60.3. The number of phosphoric acid groups is 2. The summed E-state index contributed by atoms with van der Waals surface area (Å²) in [7, 11) is -9.93. The fourth-order valence-electron chi connectivity index (χ4n) is 10.1. The second-order valence-electron chi connectivity index (χ2n) is 24.9. The Morgan fingerprint density at radius 2 is 0.554 bits per heavy atom. The molecule has 0 aromatic heterocycles. The van der Waals surface area contributed by atoms with Crippen molar-refractivity contribution in [1.29, 1.82) is 0 Å². The number of ether oxygens (including phenoxy) is 4. The highest BCUT2D eigenvalue weighted by molar-refractivity contribution is 7.47. The number of carbonyl (C=O) groups is 4. The van der Waals surface area contributed by atoms with E-state index in [1.165, 1.54) is 103 Å².